The number of carbonyl (C=O) groups is 1. The number of amides is 1. The van der Waals surface area contributed by atoms with Crippen LogP contribution in [-0.4, -0.2) is 17.4 Å². The van der Waals surface area contributed by atoms with Crippen molar-refractivity contribution in [3.05, 3.63) is 29.8 Å². The zero-order valence-corrected chi connectivity index (χ0v) is 10.7. The maximum atomic E-state index is 12.6. The van der Waals surface area contributed by atoms with E-state index in [0.29, 0.717) is 18.0 Å². The minimum atomic E-state index is -0.579. The van der Waals surface area contributed by atoms with E-state index in [-0.39, 0.29) is 11.3 Å². The molecular weight excluding hydrogens is 219 g/mol. The van der Waals surface area contributed by atoms with Gasteiger partial charge in [-0.3, -0.25) is 4.79 Å². The molecule has 4 heteroatoms. The third kappa shape index (κ3) is 4.13. The molecule has 3 nitrogen and oxygen atoms in total. The van der Waals surface area contributed by atoms with Crippen molar-refractivity contribution in [3.8, 4) is 0 Å². The molecule has 0 saturated carbocycles. The molecule has 1 N–H and O–H groups in total. The van der Waals surface area contributed by atoms with Gasteiger partial charge in [-0.1, -0.05) is 27.7 Å². The molecule has 1 atom stereocenters. The van der Waals surface area contributed by atoms with E-state index in [1.54, 1.807) is 0 Å². The molecule has 0 aromatic carbocycles. The van der Waals surface area contributed by atoms with Crippen LogP contribution in [0.1, 0.15) is 38.1 Å². The molecule has 1 unspecified atom stereocenters. The quantitative estimate of drug-likeness (QED) is 0.822. The van der Waals surface area contributed by atoms with E-state index in [9.17, 15) is 9.18 Å². The number of nitrogens with one attached hydrogen (secondary N) is 1. The molecule has 0 aliphatic rings. The summed E-state index contributed by atoms with van der Waals surface area (Å²) in [6.07, 6.45) is 1.24. The van der Waals surface area contributed by atoms with Crippen molar-refractivity contribution in [2.24, 2.45) is 11.3 Å². The average Bonchev–Trinajstić information content (AvgIpc) is 2.25. The van der Waals surface area contributed by atoms with Crippen LogP contribution in [0.5, 0.6) is 0 Å². The molecule has 1 rings (SSSR count). The smallest absolute Gasteiger partial charge is 0.252 e. The molecule has 0 saturated heterocycles. The lowest BCUT2D eigenvalue weighted by Gasteiger charge is -2.27. The topological polar surface area (TPSA) is 42.0 Å². The van der Waals surface area contributed by atoms with Crippen molar-refractivity contribution in [3.63, 3.8) is 0 Å². The summed E-state index contributed by atoms with van der Waals surface area (Å²) < 4.78 is 12.6. The summed E-state index contributed by atoms with van der Waals surface area (Å²) >= 11 is 0. The predicted octanol–water partition coefficient (Wildman–Crippen LogP) is 2.63. The number of pyridine rings is 1. The molecule has 0 aliphatic carbocycles. The molecule has 0 bridgehead atoms. The van der Waals surface area contributed by atoms with E-state index >= 15 is 0 Å². The highest BCUT2D eigenvalue weighted by molar-refractivity contribution is 5.93. The van der Waals surface area contributed by atoms with Gasteiger partial charge in [-0.15, -0.1) is 0 Å². The number of aromatic nitrogens is 1. The normalized spacial score (nSPS) is 13.2. The van der Waals surface area contributed by atoms with Crippen LogP contribution >= 0.6 is 0 Å². The lowest BCUT2D eigenvalue weighted by atomic mass is 9.82. The zero-order valence-electron chi connectivity index (χ0n) is 10.7. The minimum Gasteiger partial charge on any atom is -0.352 e. The van der Waals surface area contributed by atoms with E-state index in [0.717, 1.165) is 0 Å². The van der Waals surface area contributed by atoms with Crippen LogP contribution in [0.15, 0.2) is 18.3 Å². The van der Waals surface area contributed by atoms with E-state index in [1.165, 1.54) is 18.3 Å². The van der Waals surface area contributed by atoms with E-state index in [4.69, 9.17) is 0 Å². The van der Waals surface area contributed by atoms with Crippen LogP contribution in [-0.2, 0) is 0 Å². The Bertz CT molecular complexity index is 381. The van der Waals surface area contributed by atoms with Crippen molar-refractivity contribution >= 4 is 5.91 Å². The van der Waals surface area contributed by atoms with Gasteiger partial charge in [0.05, 0.1) is 5.56 Å². The highest BCUT2D eigenvalue weighted by atomic mass is 19.1. The van der Waals surface area contributed by atoms with Crippen LogP contribution in [0, 0.1) is 17.3 Å². The zero-order chi connectivity index (χ0) is 13.1. The summed E-state index contributed by atoms with van der Waals surface area (Å²) in [7, 11) is 0. The molecule has 17 heavy (non-hydrogen) atoms. The lowest BCUT2D eigenvalue weighted by molar-refractivity contribution is 0.0936. The van der Waals surface area contributed by atoms with Crippen LogP contribution in [0.4, 0.5) is 4.39 Å². The third-order valence-electron chi connectivity index (χ3n) is 3.04. The van der Waals surface area contributed by atoms with Crippen LogP contribution in [0.2, 0.25) is 0 Å². The van der Waals surface area contributed by atoms with Crippen LogP contribution in [0.25, 0.3) is 0 Å². The average molecular weight is 238 g/mol. The second kappa shape index (κ2) is 5.25. The molecule has 0 radical (unpaired) electrons. The van der Waals surface area contributed by atoms with Crippen molar-refractivity contribution in [1.82, 2.24) is 10.3 Å². The first-order chi connectivity index (χ1) is 7.80. The number of carbonyl (C=O) groups excluding carboxylic acids is 1. The Labute approximate surface area is 101 Å². The molecule has 0 spiro atoms. The fourth-order valence-corrected chi connectivity index (χ4v) is 1.16. The van der Waals surface area contributed by atoms with Gasteiger partial charge >= 0.3 is 0 Å². The van der Waals surface area contributed by atoms with Gasteiger partial charge in [0.2, 0.25) is 5.95 Å². The lowest BCUT2D eigenvalue weighted by Crippen LogP contribution is -2.33. The van der Waals surface area contributed by atoms with E-state index in [2.05, 4.69) is 38.0 Å². The third-order valence-corrected chi connectivity index (χ3v) is 3.04. The molecule has 1 aromatic rings. The molecule has 0 fully saturated rings. The maximum absolute atomic E-state index is 12.6. The van der Waals surface area contributed by atoms with Crippen LogP contribution in [0.3, 0.4) is 0 Å². The Balaban J connectivity index is 2.53. The fourth-order valence-electron chi connectivity index (χ4n) is 1.16. The Hall–Kier alpha value is -1.45. The summed E-state index contributed by atoms with van der Waals surface area (Å²) in [5.41, 5.74) is 0.529. The van der Waals surface area contributed by atoms with Crippen molar-refractivity contribution < 1.29 is 9.18 Å². The monoisotopic (exact) mass is 238 g/mol. The van der Waals surface area contributed by atoms with E-state index in [1.807, 2.05) is 0 Å². The van der Waals surface area contributed by atoms with Crippen molar-refractivity contribution in [2.45, 2.75) is 27.7 Å². The summed E-state index contributed by atoms with van der Waals surface area (Å²) in [4.78, 5) is 15.2. The highest BCUT2D eigenvalue weighted by Crippen LogP contribution is 2.24. The summed E-state index contributed by atoms with van der Waals surface area (Å²) in [5, 5.41) is 2.82. The molecule has 1 amide bonds. The second-order valence-electron chi connectivity index (χ2n) is 5.35. The minimum absolute atomic E-state index is 0.147. The maximum Gasteiger partial charge on any atom is 0.252 e. The van der Waals surface area contributed by atoms with E-state index < -0.39 is 5.95 Å². The fraction of sp³-hybridized carbons (Fsp3) is 0.538. The Kier molecular flexibility index (Phi) is 4.21. The number of nitrogens with zero attached hydrogens (tertiary/aromatic N) is 1. The van der Waals surface area contributed by atoms with Gasteiger partial charge in [-0.25, -0.2) is 4.98 Å². The number of halogens is 1. The second-order valence-corrected chi connectivity index (χ2v) is 5.35. The Morgan fingerprint density at radius 1 is 1.47 bits per heavy atom. The standard InChI is InChI=1S/C13H19FN2O/c1-9(13(2,3)4)7-16-12(17)10-5-6-11(14)15-8-10/h5-6,8-9H,7H2,1-4H3,(H,16,17). The first-order valence-electron chi connectivity index (χ1n) is 5.70. The first kappa shape index (κ1) is 13.6. The molecular formula is C13H19FN2O. The Morgan fingerprint density at radius 3 is 2.59 bits per heavy atom. The van der Waals surface area contributed by atoms with Crippen LogP contribution < -0.4 is 5.32 Å². The van der Waals surface area contributed by atoms with Gasteiger partial charge in [-0.05, 0) is 23.5 Å². The number of hydrogen-bond acceptors (Lipinski definition) is 2. The largest absolute Gasteiger partial charge is 0.352 e. The SMILES string of the molecule is CC(CNC(=O)c1ccc(F)nc1)C(C)(C)C. The predicted molar refractivity (Wildman–Crippen MR) is 65.1 cm³/mol. The molecule has 1 heterocycles. The van der Waals surface area contributed by atoms with Crippen molar-refractivity contribution in [2.75, 3.05) is 6.54 Å². The van der Waals surface area contributed by atoms with Crippen molar-refractivity contribution in [1.29, 1.82) is 0 Å². The number of rotatable bonds is 3. The van der Waals surface area contributed by atoms with Gasteiger partial charge < -0.3 is 5.32 Å². The molecule has 0 aliphatic heterocycles. The summed E-state index contributed by atoms with van der Waals surface area (Å²) in [6.45, 7) is 9.07. The van der Waals surface area contributed by atoms with Gasteiger partial charge in [0.1, 0.15) is 0 Å². The van der Waals surface area contributed by atoms with Gasteiger partial charge in [0, 0.05) is 12.7 Å². The number of hydrogen-bond donors (Lipinski definition) is 1. The van der Waals surface area contributed by atoms with Gasteiger partial charge in [0.15, 0.2) is 0 Å². The van der Waals surface area contributed by atoms with Gasteiger partial charge in [-0.2, -0.15) is 4.39 Å². The first-order valence-corrected chi connectivity index (χ1v) is 5.70. The highest BCUT2D eigenvalue weighted by Gasteiger charge is 2.20. The Morgan fingerprint density at radius 2 is 2.12 bits per heavy atom. The van der Waals surface area contributed by atoms with Gasteiger partial charge in [0.25, 0.3) is 5.91 Å². The molecule has 1 aromatic heterocycles. The summed E-state index contributed by atoms with van der Waals surface area (Å²) in [5.74, 6) is -0.432. The summed E-state index contributed by atoms with van der Waals surface area (Å²) in [6, 6.07) is 2.61. The molecule has 94 valence electrons.